The molecule has 0 aromatic heterocycles. The number of allylic oxidation sites excluding steroid dienone is 2. The first-order chi connectivity index (χ1) is 6.81. The van der Waals surface area contributed by atoms with Gasteiger partial charge in [0.25, 0.3) is 0 Å². The van der Waals surface area contributed by atoms with Crippen LogP contribution in [0.15, 0.2) is 24.5 Å². The van der Waals surface area contributed by atoms with Crippen molar-refractivity contribution in [2.45, 2.75) is 45.6 Å². The van der Waals surface area contributed by atoms with Gasteiger partial charge in [0.05, 0.1) is 12.9 Å². The summed E-state index contributed by atoms with van der Waals surface area (Å²) in [6, 6.07) is 0. The Hall–Kier alpha value is -0.760. The lowest BCUT2D eigenvalue weighted by atomic mass is 10.2. The number of hydrogen-bond acceptors (Lipinski definition) is 1. The second-order valence-electron chi connectivity index (χ2n) is 3.25. The molecule has 1 atom stereocenters. The fourth-order valence-corrected chi connectivity index (χ4v) is 0.985. The lowest BCUT2D eigenvalue weighted by Gasteiger charge is -2.04. The minimum absolute atomic E-state index is 0.0321. The van der Waals surface area contributed by atoms with Crippen molar-refractivity contribution < 1.29 is 9.84 Å². The second-order valence-corrected chi connectivity index (χ2v) is 3.25. The van der Waals surface area contributed by atoms with Gasteiger partial charge in [0.1, 0.15) is 6.10 Å². The highest BCUT2D eigenvalue weighted by atomic mass is 16.5. The van der Waals surface area contributed by atoms with Gasteiger partial charge in [0.2, 0.25) is 0 Å². The average Bonchev–Trinajstić information content (AvgIpc) is 2.20. The third kappa shape index (κ3) is 9.33. The number of unbranched alkanes of at least 4 members (excludes halogenated alkanes) is 2. The number of rotatable bonds is 8. The van der Waals surface area contributed by atoms with E-state index in [2.05, 4.69) is 13.0 Å². The molecular formula is C12H21O2. The van der Waals surface area contributed by atoms with Crippen LogP contribution in [0.4, 0.5) is 0 Å². The van der Waals surface area contributed by atoms with Gasteiger partial charge in [-0.25, -0.2) is 5.11 Å². The first kappa shape index (κ1) is 13.2. The normalized spacial score (nSPS) is 13.9. The minimum atomic E-state index is 0.0321. The molecule has 0 fully saturated rings. The highest BCUT2D eigenvalue weighted by Gasteiger charge is 1.90. The van der Waals surface area contributed by atoms with E-state index in [-0.39, 0.29) is 12.7 Å². The molecule has 1 unspecified atom stereocenters. The predicted molar refractivity (Wildman–Crippen MR) is 58.5 cm³/mol. The Morgan fingerprint density at radius 1 is 1.29 bits per heavy atom. The number of hydrogen-bond donors (Lipinski definition) is 0. The third-order valence-corrected chi connectivity index (χ3v) is 1.80. The molecule has 0 bridgehead atoms. The Kier molecular flexibility index (Phi) is 9.76. The minimum Gasteiger partial charge on any atom is -0.495 e. The van der Waals surface area contributed by atoms with Crippen LogP contribution in [-0.4, -0.2) is 12.7 Å². The largest absolute Gasteiger partial charge is 0.495 e. The topological polar surface area (TPSA) is 29.1 Å². The summed E-state index contributed by atoms with van der Waals surface area (Å²) in [5.74, 6) is 0. The molecule has 2 heteroatoms. The van der Waals surface area contributed by atoms with Crippen molar-refractivity contribution >= 4 is 0 Å². The van der Waals surface area contributed by atoms with Crippen LogP contribution >= 0.6 is 0 Å². The smallest absolute Gasteiger partial charge is 0.113 e. The summed E-state index contributed by atoms with van der Waals surface area (Å²) in [6.07, 6.45) is 11.7. The SMILES string of the molecule is CCC=CC(C)OC=CCCCC[O]. The van der Waals surface area contributed by atoms with Crippen molar-refractivity contribution in [1.82, 2.24) is 0 Å². The molecule has 0 saturated carbocycles. The maximum atomic E-state index is 10.1. The van der Waals surface area contributed by atoms with Crippen LogP contribution in [0.25, 0.3) is 0 Å². The van der Waals surface area contributed by atoms with Crippen LogP contribution in [-0.2, 0) is 9.84 Å². The Morgan fingerprint density at radius 3 is 2.71 bits per heavy atom. The zero-order chi connectivity index (χ0) is 10.6. The Bertz CT molecular complexity index is 162. The summed E-state index contributed by atoms with van der Waals surface area (Å²) < 4.78 is 5.38. The molecule has 0 aliphatic heterocycles. The molecule has 81 valence electrons. The Labute approximate surface area is 87.3 Å². The summed E-state index contributed by atoms with van der Waals surface area (Å²) in [5.41, 5.74) is 0. The van der Waals surface area contributed by atoms with Gasteiger partial charge in [-0.1, -0.05) is 13.0 Å². The molecule has 0 saturated heterocycles. The third-order valence-electron chi connectivity index (χ3n) is 1.80. The lowest BCUT2D eigenvalue weighted by Crippen LogP contribution is -1.97. The van der Waals surface area contributed by atoms with Gasteiger partial charge < -0.3 is 4.74 Å². The maximum absolute atomic E-state index is 10.1. The van der Waals surface area contributed by atoms with E-state index in [9.17, 15) is 5.11 Å². The van der Waals surface area contributed by atoms with Crippen LogP contribution in [0.1, 0.15) is 39.5 Å². The van der Waals surface area contributed by atoms with Crippen LogP contribution in [0.2, 0.25) is 0 Å². The van der Waals surface area contributed by atoms with Gasteiger partial charge in [0, 0.05) is 0 Å². The van der Waals surface area contributed by atoms with Crippen LogP contribution in [0.5, 0.6) is 0 Å². The van der Waals surface area contributed by atoms with Crippen molar-refractivity contribution in [2.24, 2.45) is 0 Å². The van der Waals surface area contributed by atoms with E-state index in [0.717, 1.165) is 25.7 Å². The highest BCUT2D eigenvalue weighted by molar-refractivity contribution is 4.88. The summed E-state index contributed by atoms with van der Waals surface area (Å²) in [7, 11) is 0. The molecule has 0 spiro atoms. The molecule has 0 amide bonds. The monoisotopic (exact) mass is 197 g/mol. The molecule has 0 aliphatic rings. The van der Waals surface area contributed by atoms with Crippen LogP contribution < -0.4 is 0 Å². The van der Waals surface area contributed by atoms with E-state index in [4.69, 9.17) is 4.74 Å². The van der Waals surface area contributed by atoms with Crippen molar-refractivity contribution in [1.29, 1.82) is 0 Å². The molecule has 0 N–H and O–H groups in total. The molecule has 14 heavy (non-hydrogen) atoms. The van der Waals surface area contributed by atoms with E-state index in [1.54, 1.807) is 6.26 Å². The first-order valence-electron chi connectivity index (χ1n) is 5.36. The first-order valence-corrected chi connectivity index (χ1v) is 5.36. The van der Waals surface area contributed by atoms with Crippen molar-refractivity contribution in [3.63, 3.8) is 0 Å². The molecule has 1 radical (unpaired) electrons. The molecular weight excluding hydrogens is 176 g/mol. The quantitative estimate of drug-likeness (QED) is 0.333. The predicted octanol–water partition coefficient (Wildman–Crippen LogP) is 3.47. The van der Waals surface area contributed by atoms with Gasteiger partial charge in [-0.2, -0.15) is 0 Å². The van der Waals surface area contributed by atoms with E-state index in [1.807, 2.05) is 19.1 Å². The molecule has 0 heterocycles. The Morgan fingerprint density at radius 2 is 2.07 bits per heavy atom. The van der Waals surface area contributed by atoms with Gasteiger partial charge in [-0.3, -0.25) is 0 Å². The zero-order valence-corrected chi connectivity index (χ0v) is 9.24. The van der Waals surface area contributed by atoms with Crippen molar-refractivity contribution in [3.05, 3.63) is 24.5 Å². The second kappa shape index (κ2) is 10.3. The molecule has 2 nitrogen and oxygen atoms in total. The van der Waals surface area contributed by atoms with Crippen molar-refractivity contribution in [3.8, 4) is 0 Å². The molecule has 0 aromatic carbocycles. The molecule has 0 aliphatic carbocycles. The highest BCUT2D eigenvalue weighted by Crippen LogP contribution is 1.99. The summed E-state index contributed by atoms with van der Waals surface area (Å²) >= 11 is 0. The van der Waals surface area contributed by atoms with E-state index >= 15 is 0 Å². The summed E-state index contributed by atoms with van der Waals surface area (Å²) in [4.78, 5) is 0. The standard InChI is InChI=1S/C12H21O2/c1-3-4-9-12(2)14-11-8-6-5-7-10-13/h4,8-9,11-12H,3,5-7,10H2,1-2H3. The van der Waals surface area contributed by atoms with Crippen molar-refractivity contribution in [2.75, 3.05) is 6.61 Å². The average molecular weight is 197 g/mol. The molecule has 0 rings (SSSR count). The Balaban J connectivity index is 3.36. The fourth-order valence-electron chi connectivity index (χ4n) is 0.985. The van der Waals surface area contributed by atoms with Crippen LogP contribution in [0.3, 0.4) is 0 Å². The van der Waals surface area contributed by atoms with E-state index in [0.29, 0.717) is 0 Å². The zero-order valence-electron chi connectivity index (χ0n) is 9.24. The lowest BCUT2D eigenvalue weighted by molar-refractivity contribution is 0.186. The summed E-state index contributed by atoms with van der Waals surface area (Å²) in [5, 5.41) is 10.1. The van der Waals surface area contributed by atoms with Gasteiger partial charge in [0.15, 0.2) is 0 Å². The van der Waals surface area contributed by atoms with Gasteiger partial charge >= 0.3 is 0 Å². The maximum Gasteiger partial charge on any atom is 0.113 e. The van der Waals surface area contributed by atoms with Gasteiger partial charge in [-0.15, -0.1) is 0 Å². The van der Waals surface area contributed by atoms with E-state index in [1.165, 1.54) is 0 Å². The summed E-state index contributed by atoms with van der Waals surface area (Å²) in [6.45, 7) is 4.14. The fraction of sp³-hybridized carbons (Fsp3) is 0.667. The van der Waals surface area contributed by atoms with E-state index < -0.39 is 0 Å². The number of ether oxygens (including phenoxy) is 1. The van der Waals surface area contributed by atoms with Gasteiger partial charge in [-0.05, 0) is 44.8 Å². The molecule has 0 aromatic rings. The van der Waals surface area contributed by atoms with Crippen LogP contribution in [0, 0.1) is 0 Å².